The molecule has 1 aliphatic rings. The lowest BCUT2D eigenvalue weighted by Crippen LogP contribution is -1.76. The summed E-state index contributed by atoms with van der Waals surface area (Å²) in [6, 6.07) is 10.9. The van der Waals surface area contributed by atoms with Gasteiger partial charge in [0.2, 0.25) is 0 Å². The highest BCUT2D eigenvalue weighted by Gasteiger charge is 1.88. The van der Waals surface area contributed by atoms with E-state index in [1.165, 1.54) is 29.4 Å². The molecule has 21 heavy (non-hydrogen) atoms. The van der Waals surface area contributed by atoms with Crippen molar-refractivity contribution in [1.29, 1.82) is 0 Å². The molecule has 1 aromatic heterocycles. The van der Waals surface area contributed by atoms with Crippen molar-refractivity contribution >= 4 is 11.3 Å². The van der Waals surface area contributed by atoms with Crippen LogP contribution < -0.4 is 0 Å². The topological polar surface area (TPSA) is 0 Å². The molecular formula is C19H23FS. The molecule has 1 aliphatic carbocycles. The number of hydrogen-bond donors (Lipinski definition) is 0. The van der Waals surface area contributed by atoms with Crippen molar-refractivity contribution in [2.24, 2.45) is 0 Å². The van der Waals surface area contributed by atoms with Crippen molar-refractivity contribution in [3.63, 3.8) is 0 Å². The van der Waals surface area contributed by atoms with Gasteiger partial charge in [-0.2, -0.15) is 0 Å². The Morgan fingerprint density at radius 2 is 1.86 bits per heavy atom. The molecular weight excluding hydrogens is 279 g/mol. The Labute approximate surface area is 131 Å². The molecule has 0 radical (unpaired) electrons. The average molecular weight is 302 g/mol. The molecule has 112 valence electrons. The van der Waals surface area contributed by atoms with Gasteiger partial charge in [-0.25, -0.2) is 4.39 Å². The van der Waals surface area contributed by atoms with Gasteiger partial charge in [-0.3, -0.25) is 0 Å². The van der Waals surface area contributed by atoms with E-state index in [9.17, 15) is 4.39 Å². The Morgan fingerprint density at radius 1 is 1.10 bits per heavy atom. The molecule has 0 amide bonds. The van der Waals surface area contributed by atoms with Gasteiger partial charge in [-0.1, -0.05) is 55.0 Å². The Kier molecular flexibility index (Phi) is 8.37. The predicted octanol–water partition coefficient (Wildman–Crippen LogP) is 6.34. The number of rotatable bonds is 1. The average Bonchev–Trinajstić information content (AvgIpc) is 3.16. The maximum Gasteiger partial charge on any atom is 0.126 e. The number of hydrogen-bond acceptors (Lipinski definition) is 1. The minimum Gasteiger partial charge on any atom is -0.207 e. The molecule has 0 fully saturated rings. The molecule has 0 bridgehead atoms. The van der Waals surface area contributed by atoms with Gasteiger partial charge in [0, 0.05) is 4.88 Å². The zero-order chi connectivity index (χ0) is 15.5. The van der Waals surface area contributed by atoms with Gasteiger partial charge in [-0.15, -0.1) is 11.3 Å². The predicted molar refractivity (Wildman–Crippen MR) is 92.3 cm³/mol. The minimum atomic E-state index is -0.132. The van der Waals surface area contributed by atoms with Crippen LogP contribution in [0.15, 0.2) is 65.6 Å². The minimum absolute atomic E-state index is 0.132. The zero-order valence-corrected chi connectivity index (χ0v) is 13.8. The van der Waals surface area contributed by atoms with Crippen molar-refractivity contribution in [2.75, 3.05) is 0 Å². The van der Waals surface area contributed by atoms with E-state index in [-0.39, 0.29) is 5.82 Å². The molecule has 0 aliphatic heterocycles. The third-order valence-corrected chi connectivity index (χ3v) is 3.98. The van der Waals surface area contributed by atoms with Crippen LogP contribution in [0.2, 0.25) is 0 Å². The van der Waals surface area contributed by atoms with E-state index in [1.54, 1.807) is 19.1 Å². The summed E-state index contributed by atoms with van der Waals surface area (Å²) < 4.78 is 12.3. The second-order valence-electron chi connectivity index (χ2n) is 4.83. The van der Waals surface area contributed by atoms with Crippen molar-refractivity contribution in [3.8, 4) is 0 Å². The van der Waals surface area contributed by atoms with Crippen LogP contribution in [-0.4, -0.2) is 0 Å². The Balaban J connectivity index is 0.000000159. The van der Waals surface area contributed by atoms with Crippen molar-refractivity contribution in [1.82, 2.24) is 0 Å². The van der Waals surface area contributed by atoms with Crippen LogP contribution in [0.5, 0.6) is 0 Å². The third-order valence-electron chi connectivity index (χ3n) is 2.96. The lowest BCUT2D eigenvalue weighted by molar-refractivity contribution is 0.618. The summed E-state index contributed by atoms with van der Waals surface area (Å²) in [5, 5.41) is 2.11. The molecule has 0 nitrogen and oxygen atoms in total. The standard InChI is InChI=1S/C7H7F.C6H8S.C6H8/c1-6-4-2-3-5-7(6)8;1-2-6-4-3-5-7-6;1-6-4-2-3-5-6/h2-5H,1H3;3-5H,2H2,1H3;2-4H,5H2,1H3. The summed E-state index contributed by atoms with van der Waals surface area (Å²) in [6.45, 7) is 6.06. The summed E-state index contributed by atoms with van der Waals surface area (Å²) in [5.41, 5.74) is 2.17. The maximum absolute atomic E-state index is 12.3. The largest absolute Gasteiger partial charge is 0.207 e. The van der Waals surface area contributed by atoms with Crippen molar-refractivity contribution < 1.29 is 4.39 Å². The molecule has 1 aromatic carbocycles. The monoisotopic (exact) mass is 302 g/mol. The third kappa shape index (κ3) is 7.62. The van der Waals surface area contributed by atoms with Crippen molar-refractivity contribution in [2.45, 2.75) is 33.6 Å². The first-order valence-electron chi connectivity index (χ1n) is 7.19. The van der Waals surface area contributed by atoms with Crippen LogP contribution in [0.3, 0.4) is 0 Å². The van der Waals surface area contributed by atoms with E-state index in [0.29, 0.717) is 5.56 Å². The number of aryl methyl sites for hydroxylation is 2. The van der Waals surface area contributed by atoms with E-state index >= 15 is 0 Å². The molecule has 0 saturated heterocycles. The maximum atomic E-state index is 12.3. The Morgan fingerprint density at radius 3 is 2.14 bits per heavy atom. The fourth-order valence-corrected chi connectivity index (χ4v) is 2.27. The van der Waals surface area contributed by atoms with E-state index in [1.807, 2.05) is 17.4 Å². The van der Waals surface area contributed by atoms with Crippen LogP contribution in [-0.2, 0) is 6.42 Å². The first-order chi connectivity index (χ1) is 10.1. The quantitative estimate of drug-likeness (QED) is 0.577. The van der Waals surface area contributed by atoms with E-state index < -0.39 is 0 Å². The second kappa shape index (κ2) is 10.1. The highest BCUT2D eigenvalue weighted by atomic mass is 32.1. The molecule has 2 heteroatoms. The molecule has 0 saturated carbocycles. The highest BCUT2D eigenvalue weighted by Crippen LogP contribution is 2.07. The first-order valence-corrected chi connectivity index (χ1v) is 8.07. The fourth-order valence-electron chi connectivity index (χ4n) is 1.62. The summed E-state index contributed by atoms with van der Waals surface area (Å²) in [5.74, 6) is -0.132. The Bertz CT molecular complexity index is 544. The van der Waals surface area contributed by atoms with E-state index in [2.05, 4.69) is 49.6 Å². The number of benzene rings is 1. The van der Waals surface area contributed by atoms with Crippen LogP contribution in [0.25, 0.3) is 0 Å². The van der Waals surface area contributed by atoms with Gasteiger partial charge >= 0.3 is 0 Å². The summed E-state index contributed by atoms with van der Waals surface area (Å²) >= 11 is 1.82. The van der Waals surface area contributed by atoms with Crippen LogP contribution >= 0.6 is 11.3 Å². The summed E-state index contributed by atoms with van der Waals surface area (Å²) in [6.07, 6.45) is 8.74. The first kappa shape index (κ1) is 17.4. The SMILES string of the molecule is CC1=CC=CC1.CCc1cccs1.Cc1ccccc1F. The fraction of sp³-hybridized carbons (Fsp3) is 0.263. The van der Waals surface area contributed by atoms with E-state index in [0.717, 1.165) is 0 Å². The second-order valence-corrected chi connectivity index (χ2v) is 5.86. The smallest absolute Gasteiger partial charge is 0.126 e. The lowest BCUT2D eigenvalue weighted by Gasteiger charge is -1.89. The van der Waals surface area contributed by atoms with Gasteiger partial charge in [-0.05, 0) is 49.8 Å². The molecule has 2 aromatic rings. The van der Waals surface area contributed by atoms with Gasteiger partial charge in [0.15, 0.2) is 0 Å². The normalized spacial score (nSPS) is 11.9. The van der Waals surface area contributed by atoms with Gasteiger partial charge < -0.3 is 0 Å². The van der Waals surface area contributed by atoms with Crippen LogP contribution in [0.4, 0.5) is 4.39 Å². The van der Waals surface area contributed by atoms with Crippen LogP contribution in [0.1, 0.15) is 30.7 Å². The van der Waals surface area contributed by atoms with Crippen molar-refractivity contribution in [3.05, 3.63) is 81.8 Å². The molecule has 0 spiro atoms. The summed E-state index contributed by atoms with van der Waals surface area (Å²) in [4.78, 5) is 1.47. The van der Waals surface area contributed by atoms with Gasteiger partial charge in [0.1, 0.15) is 5.82 Å². The zero-order valence-electron chi connectivity index (χ0n) is 13.0. The molecule has 0 atom stereocenters. The highest BCUT2D eigenvalue weighted by molar-refractivity contribution is 7.09. The Hall–Kier alpha value is -1.67. The molecule has 0 N–H and O–H groups in total. The van der Waals surface area contributed by atoms with Gasteiger partial charge in [0.25, 0.3) is 0 Å². The number of allylic oxidation sites excluding steroid dienone is 4. The number of halogens is 1. The lowest BCUT2D eigenvalue weighted by atomic mass is 10.2. The van der Waals surface area contributed by atoms with Crippen LogP contribution in [0, 0.1) is 12.7 Å². The van der Waals surface area contributed by atoms with E-state index in [4.69, 9.17) is 0 Å². The molecule has 0 unspecified atom stereocenters. The molecule has 3 rings (SSSR count). The number of thiophene rings is 1. The molecule has 1 heterocycles. The summed E-state index contributed by atoms with van der Waals surface area (Å²) in [7, 11) is 0. The van der Waals surface area contributed by atoms with Gasteiger partial charge in [0.05, 0.1) is 0 Å².